The van der Waals surface area contributed by atoms with Gasteiger partial charge in [-0.05, 0) is 50.3 Å². The van der Waals surface area contributed by atoms with Crippen molar-refractivity contribution in [3.05, 3.63) is 59.7 Å². The standard InChI is InChI=1S/C17H16N2O2S/c1-11(20)13-5-3-7-15(9-13)18-17(22)19-16-8-4-6-14(10-16)12(2)21/h3-10H,1-2H3,(H2,18,19,22). The molecule has 5 heteroatoms. The third kappa shape index (κ3) is 4.23. The van der Waals surface area contributed by atoms with Crippen LogP contribution < -0.4 is 10.6 Å². The highest BCUT2D eigenvalue weighted by Gasteiger charge is 2.04. The summed E-state index contributed by atoms with van der Waals surface area (Å²) in [5.74, 6) is -0.00614. The molecule has 0 saturated carbocycles. The Kier molecular flexibility index (Phi) is 5.01. The molecule has 0 radical (unpaired) electrons. The van der Waals surface area contributed by atoms with Gasteiger partial charge < -0.3 is 10.6 Å². The monoisotopic (exact) mass is 312 g/mol. The van der Waals surface area contributed by atoms with Crippen LogP contribution in [0.15, 0.2) is 48.5 Å². The van der Waals surface area contributed by atoms with Gasteiger partial charge in [0.15, 0.2) is 16.7 Å². The molecule has 0 heterocycles. The highest BCUT2D eigenvalue weighted by molar-refractivity contribution is 7.80. The van der Waals surface area contributed by atoms with E-state index < -0.39 is 0 Å². The molecule has 0 atom stereocenters. The zero-order valence-corrected chi connectivity index (χ0v) is 13.2. The molecule has 2 aromatic rings. The van der Waals surface area contributed by atoms with Gasteiger partial charge in [0.05, 0.1) is 0 Å². The van der Waals surface area contributed by atoms with E-state index in [0.717, 1.165) is 11.4 Å². The molecule has 2 rings (SSSR count). The fraction of sp³-hybridized carbons (Fsp3) is 0.118. The van der Waals surface area contributed by atoms with E-state index in [1.165, 1.54) is 13.8 Å². The number of Topliss-reactive ketones (excluding diaryl/α,β-unsaturated/α-hetero) is 2. The number of carbonyl (C=O) groups excluding carboxylic acids is 2. The van der Waals surface area contributed by atoms with Crippen molar-refractivity contribution in [2.75, 3.05) is 10.6 Å². The van der Waals surface area contributed by atoms with E-state index in [9.17, 15) is 9.59 Å². The molecule has 0 aliphatic rings. The van der Waals surface area contributed by atoms with Crippen molar-refractivity contribution in [1.29, 1.82) is 0 Å². The first-order valence-electron chi connectivity index (χ1n) is 6.76. The molecule has 0 amide bonds. The van der Waals surface area contributed by atoms with Crippen LogP contribution in [0.4, 0.5) is 11.4 Å². The first kappa shape index (κ1) is 15.9. The van der Waals surface area contributed by atoms with Crippen LogP contribution >= 0.6 is 12.2 Å². The third-order valence-electron chi connectivity index (χ3n) is 3.05. The summed E-state index contributed by atoms with van der Waals surface area (Å²) in [6.07, 6.45) is 0. The molecule has 22 heavy (non-hydrogen) atoms. The number of benzene rings is 2. The van der Waals surface area contributed by atoms with Gasteiger partial charge in [-0.2, -0.15) is 0 Å². The molecule has 4 nitrogen and oxygen atoms in total. The van der Waals surface area contributed by atoms with Crippen LogP contribution in [0.3, 0.4) is 0 Å². The molecule has 0 aliphatic carbocycles. The van der Waals surface area contributed by atoms with Crippen LogP contribution in [-0.4, -0.2) is 16.7 Å². The number of hydrogen-bond donors (Lipinski definition) is 2. The maximum atomic E-state index is 11.4. The zero-order chi connectivity index (χ0) is 16.1. The predicted octanol–water partition coefficient (Wildman–Crippen LogP) is 3.90. The second kappa shape index (κ2) is 6.95. The number of thiocarbonyl (C=S) groups is 1. The van der Waals surface area contributed by atoms with Crippen LogP contribution in [0.1, 0.15) is 34.6 Å². The summed E-state index contributed by atoms with van der Waals surface area (Å²) in [5.41, 5.74) is 2.69. The Morgan fingerprint density at radius 2 is 1.23 bits per heavy atom. The van der Waals surface area contributed by atoms with Gasteiger partial charge in [-0.3, -0.25) is 9.59 Å². The summed E-state index contributed by atoms with van der Waals surface area (Å²) in [6.45, 7) is 3.03. The lowest BCUT2D eigenvalue weighted by Crippen LogP contribution is -2.19. The van der Waals surface area contributed by atoms with E-state index in [-0.39, 0.29) is 11.6 Å². The summed E-state index contributed by atoms with van der Waals surface area (Å²) in [5, 5.41) is 6.43. The highest BCUT2D eigenvalue weighted by atomic mass is 32.1. The normalized spacial score (nSPS) is 9.91. The molecular weight excluding hydrogens is 296 g/mol. The summed E-state index contributed by atoms with van der Waals surface area (Å²) >= 11 is 5.24. The summed E-state index contributed by atoms with van der Waals surface area (Å²) < 4.78 is 0. The fourth-order valence-corrected chi connectivity index (χ4v) is 2.16. The van der Waals surface area contributed by atoms with Crippen LogP contribution in [0, 0.1) is 0 Å². The summed E-state index contributed by atoms with van der Waals surface area (Å²) in [6, 6.07) is 14.2. The second-order valence-electron chi connectivity index (χ2n) is 4.85. The molecule has 0 aliphatic heterocycles. The highest BCUT2D eigenvalue weighted by Crippen LogP contribution is 2.14. The van der Waals surface area contributed by atoms with E-state index in [4.69, 9.17) is 12.2 Å². The van der Waals surface area contributed by atoms with E-state index >= 15 is 0 Å². The van der Waals surface area contributed by atoms with Gasteiger partial charge in [0, 0.05) is 22.5 Å². The lowest BCUT2D eigenvalue weighted by atomic mass is 10.1. The Morgan fingerprint density at radius 3 is 1.59 bits per heavy atom. The molecule has 0 fully saturated rings. The van der Waals surface area contributed by atoms with Crippen molar-refractivity contribution in [3.8, 4) is 0 Å². The average molecular weight is 312 g/mol. The molecule has 0 unspecified atom stereocenters. The van der Waals surface area contributed by atoms with E-state index in [1.807, 2.05) is 12.1 Å². The van der Waals surface area contributed by atoms with Gasteiger partial charge in [0.2, 0.25) is 0 Å². The molecule has 0 aromatic heterocycles. The largest absolute Gasteiger partial charge is 0.332 e. The van der Waals surface area contributed by atoms with Crippen LogP contribution in [0.25, 0.3) is 0 Å². The molecule has 2 N–H and O–H groups in total. The minimum Gasteiger partial charge on any atom is -0.332 e. The number of hydrogen-bond acceptors (Lipinski definition) is 3. The third-order valence-corrected chi connectivity index (χ3v) is 3.26. The van der Waals surface area contributed by atoms with E-state index in [1.54, 1.807) is 36.4 Å². The number of carbonyl (C=O) groups is 2. The lowest BCUT2D eigenvalue weighted by molar-refractivity contribution is 0.100. The number of anilines is 2. The van der Waals surface area contributed by atoms with Crippen LogP contribution in [0.5, 0.6) is 0 Å². The Bertz CT molecular complexity index is 679. The first-order chi connectivity index (χ1) is 10.5. The minimum atomic E-state index is -0.00307. The summed E-state index contributed by atoms with van der Waals surface area (Å²) in [4.78, 5) is 22.7. The second-order valence-corrected chi connectivity index (χ2v) is 5.26. The molecule has 0 saturated heterocycles. The van der Waals surface area contributed by atoms with Crippen LogP contribution in [0.2, 0.25) is 0 Å². The first-order valence-corrected chi connectivity index (χ1v) is 7.16. The fourth-order valence-electron chi connectivity index (χ4n) is 1.93. The van der Waals surface area contributed by atoms with E-state index in [0.29, 0.717) is 16.2 Å². The molecule has 2 aromatic carbocycles. The average Bonchev–Trinajstić information content (AvgIpc) is 2.47. The van der Waals surface area contributed by atoms with Gasteiger partial charge >= 0.3 is 0 Å². The maximum Gasteiger partial charge on any atom is 0.175 e. The zero-order valence-electron chi connectivity index (χ0n) is 12.3. The van der Waals surface area contributed by atoms with Gasteiger partial charge in [-0.1, -0.05) is 24.3 Å². The summed E-state index contributed by atoms with van der Waals surface area (Å²) in [7, 11) is 0. The predicted molar refractivity (Wildman–Crippen MR) is 92.7 cm³/mol. The lowest BCUT2D eigenvalue weighted by Gasteiger charge is -2.11. The maximum absolute atomic E-state index is 11.4. The number of nitrogens with one attached hydrogen (secondary N) is 2. The SMILES string of the molecule is CC(=O)c1cccc(NC(=S)Nc2cccc(C(C)=O)c2)c1. The number of rotatable bonds is 4. The Morgan fingerprint density at radius 1 is 0.818 bits per heavy atom. The van der Waals surface area contributed by atoms with Crippen molar-refractivity contribution in [2.45, 2.75) is 13.8 Å². The van der Waals surface area contributed by atoms with Crippen molar-refractivity contribution < 1.29 is 9.59 Å². The quantitative estimate of drug-likeness (QED) is 0.662. The molecule has 0 bridgehead atoms. The Labute approximate surface area is 134 Å². The molecule has 112 valence electrons. The Hall–Kier alpha value is -2.53. The number of ketones is 2. The Balaban J connectivity index is 2.07. The van der Waals surface area contributed by atoms with Crippen molar-refractivity contribution in [3.63, 3.8) is 0 Å². The molecule has 0 spiro atoms. The van der Waals surface area contributed by atoms with E-state index in [2.05, 4.69) is 10.6 Å². The van der Waals surface area contributed by atoms with Gasteiger partial charge in [-0.25, -0.2) is 0 Å². The smallest absolute Gasteiger partial charge is 0.175 e. The van der Waals surface area contributed by atoms with Gasteiger partial charge in [0.1, 0.15) is 0 Å². The van der Waals surface area contributed by atoms with Crippen molar-refractivity contribution in [2.24, 2.45) is 0 Å². The van der Waals surface area contributed by atoms with Crippen molar-refractivity contribution >= 4 is 40.3 Å². The molecular formula is C17H16N2O2S. The topological polar surface area (TPSA) is 58.2 Å². The van der Waals surface area contributed by atoms with Gasteiger partial charge in [-0.15, -0.1) is 0 Å². The minimum absolute atomic E-state index is 0.00307. The van der Waals surface area contributed by atoms with Gasteiger partial charge in [0.25, 0.3) is 0 Å². The van der Waals surface area contributed by atoms with Crippen molar-refractivity contribution in [1.82, 2.24) is 0 Å². The van der Waals surface area contributed by atoms with Crippen LogP contribution in [-0.2, 0) is 0 Å².